The van der Waals surface area contributed by atoms with E-state index in [9.17, 15) is 32.4 Å². The van der Waals surface area contributed by atoms with Crippen LogP contribution in [-0.2, 0) is 33.9 Å². The highest BCUT2D eigenvalue weighted by Crippen LogP contribution is 2.32. The smallest absolute Gasteiger partial charge is 0.408 e. The number of nitrogens with one attached hydrogen (secondary N) is 3. The second-order valence-electron chi connectivity index (χ2n) is 15.4. The lowest BCUT2D eigenvalue weighted by atomic mass is 9.94. The van der Waals surface area contributed by atoms with Gasteiger partial charge >= 0.3 is 6.09 Å². The third-order valence-electron chi connectivity index (χ3n) is 9.03. The van der Waals surface area contributed by atoms with Crippen LogP contribution in [-0.4, -0.2) is 96.1 Å². The van der Waals surface area contributed by atoms with Gasteiger partial charge in [0.2, 0.25) is 27.7 Å². The van der Waals surface area contributed by atoms with Gasteiger partial charge in [-0.2, -0.15) is 0 Å². The average molecular weight is 772 g/mol. The summed E-state index contributed by atoms with van der Waals surface area (Å²) in [6.45, 7) is 11.6. The fraction of sp³-hybridized carbons (Fsp3) is 0.579. The number of nitrogens with zero attached hydrogens (tertiary/aromatic N) is 2. The molecule has 2 heterocycles. The van der Waals surface area contributed by atoms with Crippen LogP contribution in [0.15, 0.2) is 42.1 Å². The molecule has 0 spiro atoms. The molecule has 54 heavy (non-hydrogen) atoms. The first-order valence-corrected chi connectivity index (χ1v) is 19.7. The minimum atomic E-state index is -3.92. The van der Waals surface area contributed by atoms with Gasteiger partial charge in [0.1, 0.15) is 35.1 Å². The van der Waals surface area contributed by atoms with E-state index in [4.69, 9.17) is 14.2 Å². The molecule has 2 fully saturated rings. The maximum atomic E-state index is 14.5. The van der Waals surface area contributed by atoms with E-state index < -0.39 is 68.4 Å². The Hall–Kier alpha value is -4.73. The topological polar surface area (TPSA) is 199 Å². The van der Waals surface area contributed by atoms with Gasteiger partial charge in [0, 0.05) is 24.4 Å². The maximum Gasteiger partial charge on any atom is 0.408 e. The summed E-state index contributed by atoms with van der Waals surface area (Å²) in [6, 6.07) is 4.64. The first-order valence-electron chi connectivity index (χ1n) is 18.2. The van der Waals surface area contributed by atoms with Crippen molar-refractivity contribution in [3.8, 4) is 11.6 Å². The van der Waals surface area contributed by atoms with Crippen molar-refractivity contribution in [3.63, 3.8) is 0 Å². The van der Waals surface area contributed by atoms with Crippen LogP contribution >= 0.6 is 0 Å². The second kappa shape index (κ2) is 17.2. The largest absolute Gasteiger partial charge is 0.497 e. The van der Waals surface area contributed by atoms with Gasteiger partial charge in [-0.3, -0.25) is 23.9 Å². The Kier molecular flexibility index (Phi) is 13.4. The summed E-state index contributed by atoms with van der Waals surface area (Å²) in [4.78, 5) is 73.6. The molecule has 2 aromatic rings. The van der Waals surface area contributed by atoms with Crippen LogP contribution in [0.25, 0.3) is 10.8 Å². The number of benzene rings is 1. The van der Waals surface area contributed by atoms with E-state index in [1.165, 1.54) is 17.9 Å². The number of hydrogen-bond donors (Lipinski definition) is 3. The minimum absolute atomic E-state index is 0.0359. The number of ketones is 1. The van der Waals surface area contributed by atoms with E-state index in [0.717, 1.165) is 11.0 Å². The monoisotopic (exact) mass is 771 g/mol. The molecule has 4 atom stereocenters. The summed E-state index contributed by atoms with van der Waals surface area (Å²) in [6.07, 6.45) is 2.53. The number of alkyl carbamates (subject to hydrolysis) is 1. The van der Waals surface area contributed by atoms with Crippen molar-refractivity contribution in [2.75, 3.05) is 13.7 Å². The third-order valence-corrected chi connectivity index (χ3v) is 10.8. The average Bonchev–Trinajstić information content (AvgIpc) is 3.86. The summed E-state index contributed by atoms with van der Waals surface area (Å²) in [5, 5.41) is 6.12. The van der Waals surface area contributed by atoms with Gasteiger partial charge in [0.25, 0.3) is 5.91 Å². The summed E-state index contributed by atoms with van der Waals surface area (Å²) in [7, 11) is -2.37. The first-order chi connectivity index (χ1) is 25.2. The third kappa shape index (κ3) is 11.1. The molecule has 296 valence electrons. The van der Waals surface area contributed by atoms with Gasteiger partial charge in [0.15, 0.2) is 5.78 Å². The van der Waals surface area contributed by atoms with E-state index in [1.807, 2.05) is 6.07 Å². The SMILES string of the molecule is CCCC(C)(NC(=O)C1CC(Oc2nccc3cc(OC)ccc23)CN1C(=O)C(CCC(=O)C=C(C)C)NC(=O)OC(C)(C)C)C(=O)NS(=O)(=O)C1CC1. The summed E-state index contributed by atoms with van der Waals surface area (Å²) < 4.78 is 44.7. The molecule has 0 radical (unpaired) electrons. The molecule has 15 nitrogen and oxygen atoms in total. The zero-order valence-electron chi connectivity index (χ0n) is 32.3. The second-order valence-corrected chi connectivity index (χ2v) is 17.3. The van der Waals surface area contributed by atoms with E-state index >= 15 is 0 Å². The summed E-state index contributed by atoms with van der Waals surface area (Å²) in [5.74, 6) is -1.65. The van der Waals surface area contributed by atoms with Crippen LogP contribution in [0.3, 0.4) is 0 Å². The van der Waals surface area contributed by atoms with E-state index in [1.54, 1.807) is 73.0 Å². The zero-order valence-corrected chi connectivity index (χ0v) is 33.1. The number of methoxy groups -OCH3 is 1. The lowest BCUT2D eigenvalue weighted by molar-refractivity contribution is -0.142. The molecular formula is C38H53N5O10S. The highest BCUT2D eigenvalue weighted by atomic mass is 32.2. The molecule has 1 aliphatic heterocycles. The maximum absolute atomic E-state index is 14.5. The van der Waals surface area contributed by atoms with Crippen molar-refractivity contribution in [2.45, 2.75) is 128 Å². The number of hydrogen-bond acceptors (Lipinski definition) is 11. The standard InChI is InChI=1S/C38H53N5O10S/c1-9-17-38(7,35(47)42-54(49,50)28-12-13-28)41-32(45)31-21-27(52-33-29-14-11-26(51-8)20-24(29)16-18-39-33)22-43(31)34(46)30(15-10-25(44)19-23(2)3)40-36(48)53-37(4,5)6/h11,14,16,18-20,27-28,30-31H,9-10,12-13,15,17,21-22H2,1-8H3,(H,40,48)(H,41,45)(H,42,47). The minimum Gasteiger partial charge on any atom is -0.497 e. The Morgan fingerprint density at radius 1 is 1.07 bits per heavy atom. The molecule has 1 aromatic heterocycles. The first kappa shape index (κ1) is 42.0. The van der Waals surface area contributed by atoms with E-state index in [-0.39, 0.29) is 43.9 Å². The number of ether oxygens (including phenoxy) is 3. The van der Waals surface area contributed by atoms with Crippen LogP contribution in [0.4, 0.5) is 4.79 Å². The van der Waals surface area contributed by atoms with Crippen molar-refractivity contribution < 1.29 is 46.6 Å². The number of allylic oxidation sites excluding steroid dienone is 2. The van der Waals surface area contributed by atoms with Crippen molar-refractivity contribution in [3.05, 3.63) is 42.1 Å². The molecule has 2 aliphatic rings. The number of sulfonamides is 1. The number of amides is 4. The molecule has 4 unspecified atom stereocenters. The van der Waals surface area contributed by atoms with Gasteiger partial charge in [-0.1, -0.05) is 18.9 Å². The fourth-order valence-electron chi connectivity index (χ4n) is 6.26. The number of rotatable bonds is 16. The molecule has 1 saturated carbocycles. The van der Waals surface area contributed by atoms with Crippen LogP contribution in [0.1, 0.15) is 93.4 Å². The lowest BCUT2D eigenvalue weighted by Gasteiger charge is -2.33. The number of carbonyl (C=O) groups excluding carboxylic acids is 5. The Labute approximate surface area is 317 Å². The van der Waals surface area contributed by atoms with Crippen LogP contribution in [0.5, 0.6) is 11.6 Å². The van der Waals surface area contributed by atoms with Crippen molar-refractivity contribution in [2.24, 2.45) is 0 Å². The Bertz CT molecular complexity index is 1880. The van der Waals surface area contributed by atoms with Crippen molar-refractivity contribution in [1.82, 2.24) is 25.2 Å². The van der Waals surface area contributed by atoms with Gasteiger partial charge in [-0.15, -0.1) is 0 Å². The van der Waals surface area contributed by atoms with E-state index in [0.29, 0.717) is 30.4 Å². The van der Waals surface area contributed by atoms with E-state index in [2.05, 4.69) is 20.3 Å². The number of pyridine rings is 1. The molecule has 3 N–H and O–H groups in total. The van der Waals surface area contributed by atoms with Gasteiger partial charge in [-0.05, 0) is 103 Å². The zero-order chi connectivity index (χ0) is 40.0. The predicted octanol–water partition coefficient (Wildman–Crippen LogP) is 4.08. The molecule has 1 aromatic carbocycles. The predicted molar refractivity (Wildman–Crippen MR) is 201 cm³/mol. The molecule has 1 saturated heterocycles. The van der Waals surface area contributed by atoms with Crippen molar-refractivity contribution in [1.29, 1.82) is 0 Å². The van der Waals surface area contributed by atoms with Crippen LogP contribution in [0.2, 0.25) is 0 Å². The fourth-order valence-corrected chi connectivity index (χ4v) is 7.67. The normalized spacial score (nSPS) is 18.9. The number of aromatic nitrogens is 1. The summed E-state index contributed by atoms with van der Waals surface area (Å²) >= 11 is 0. The highest BCUT2D eigenvalue weighted by molar-refractivity contribution is 7.91. The van der Waals surface area contributed by atoms with Gasteiger partial charge < -0.3 is 29.7 Å². The highest BCUT2D eigenvalue weighted by Gasteiger charge is 2.47. The Morgan fingerprint density at radius 3 is 2.39 bits per heavy atom. The molecule has 4 rings (SSSR count). The summed E-state index contributed by atoms with van der Waals surface area (Å²) in [5.41, 5.74) is -1.77. The quantitative estimate of drug-likeness (QED) is 0.208. The van der Waals surface area contributed by atoms with Crippen LogP contribution < -0.4 is 24.8 Å². The Morgan fingerprint density at radius 2 is 1.78 bits per heavy atom. The molecule has 1 aliphatic carbocycles. The van der Waals surface area contributed by atoms with Gasteiger partial charge in [-0.25, -0.2) is 18.2 Å². The molecule has 16 heteroatoms. The number of fused-ring (bicyclic) bond motifs is 1. The Balaban J connectivity index is 1.68. The van der Waals surface area contributed by atoms with Gasteiger partial charge in [0.05, 0.1) is 18.9 Å². The lowest BCUT2D eigenvalue weighted by Crippen LogP contribution is -2.62. The van der Waals surface area contributed by atoms with Crippen LogP contribution in [0, 0.1) is 0 Å². The van der Waals surface area contributed by atoms with Crippen molar-refractivity contribution >= 4 is 50.4 Å². The number of likely N-dealkylation sites (tertiary alicyclic amines) is 1. The number of carbonyl (C=O) groups is 5. The molecular weight excluding hydrogens is 719 g/mol. The molecule has 4 amide bonds. The molecule has 0 bridgehead atoms.